The summed E-state index contributed by atoms with van der Waals surface area (Å²) in [6.45, 7) is -0.164. The molecule has 0 fully saturated rings. The van der Waals surface area contributed by atoms with Crippen molar-refractivity contribution >= 4 is 23.8 Å². The van der Waals surface area contributed by atoms with Crippen LogP contribution < -0.4 is 4.74 Å². The molecule has 0 heterocycles. The Labute approximate surface area is 184 Å². The average molecular weight is 435 g/mol. The Balaban J connectivity index is 0.00000141. The van der Waals surface area contributed by atoms with E-state index in [2.05, 4.69) is 17.6 Å². The van der Waals surface area contributed by atoms with Gasteiger partial charge in [0.1, 0.15) is 23.9 Å². The van der Waals surface area contributed by atoms with E-state index < -0.39 is 11.7 Å². The minimum atomic E-state index is -0.525. The molecule has 0 aromatic heterocycles. The van der Waals surface area contributed by atoms with Gasteiger partial charge in [0.25, 0.3) is 6.47 Å². The molecule has 164 valence electrons. The summed E-state index contributed by atoms with van der Waals surface area (Å²) in [5, 5.41) is 30.5. The number of fused-ring (bicyclic) bond motifs is 3. The number of nitrogens with one attached hydrogen (secondary N) is 1. The van der Waals surface area contributed by atoms with E-state index in [1.807, 2.05) is 0 Å². The molecule has 8 nitrogen and oxygen atoms in total. The standard InChI is InChI=1S/C22H19NO7.C2H2/c1-29-15-4-2-3-12-16(15)19(23)17-18(21(12)27)22(28)13-7-10(14(25)8-30-9-24)5-6-11(13)20(17)26;1-2/h2-4,9-10,23,26,28H,5-8H2,1H3;1-2H. The number of carbonyl (C=O) groups is 3. The van der Waals surface area contributed by atoms with Gasteiger partial charge in [0, 0.05) is 22.6 Å². The van der Waals surface area contributed by atoms with Crippen molar-refractivity contribution in [3.8, 4) is 30.1 Å². The largest absolute Gasteiger partial charge is 0.507 e. The molecule has 4 rings (SSSR count). The number of hydrogen-bond donors (Lipinski definition) is 3. The van der Waals surface area contributed by atoms with Crippen LogP contribution in [0.2, 0.25) is 0 Å². The number of aromatic hydroxyl groups is 2. The van der Waals surface area contributed by atoms with E-state index in [0.29, 0.717) is 23.3 Å². The van der Waals surface area contributed by atoms with Gasteiger partial charge in [0.05, 0.1) is 29.5 Å². The maximum absolute atomic E-state index is 13.2. The highest BCUT2D eigenvalue weighted by Gasteiger charge is 2.39. The predicted octanol–water partition coefficient (Wildman–Crippen LogP) is 2.16. The molecule has 0 saturated carbocycles. The third kappa shape index (κ3) is 3.38. The fraction of sp³-hybridized carbons (Fsp3) is 0.250. The van der Waals surface area contributed by atoms with Crippen molar-refractivity contribution in [2.75, 3.05) is 13.7 Å². The summed E-state index contributed by atoms with van der Waals surface area (Å²) >= 11 is 0. The molecule has 1 atom stereocenters. The average Bonchev–Trinajstić information content (AvgIpc) is 2.83. The molecule has 0 spiro atoms. The van der Waals surface area contributed by atoms with Gasteiger partial charge >= 0.3 is 0 Å². The van der Waals surface area contributed by atoms with E-state index in [0.717, 1.165) is 0 Å². The molecular weight excluding hydrogens is 414 g/mol. The van der Waals surface area contributed by atoms with Gasteiger partial charge in [-0.1, -0.05) is 12.1 Å². The summed E-state index contributed by atoms with van der Waals surface area (Å²) in [7, 11) is 1.43. The zero-order valence-electron chi connectivity index (χ0n) is 17.3. The number of phenolic OH excluding ortho intramolecular Hbond substituents is 2. The second kappa shape index (κ2) is 8.94. The third-order valence-corrected chi connectivity index (χ3v) is 5.82. The lowest BCUT2D eigenvalue weighted by molar-refractivity contribution is -0.138. The topological polar surface area (TPSA) is 134 Å². The van der Waals surface area contributed by atoms with E-state index in [4.69, 9.17) is 10.1 Å². The quantitative estimate of drug-likeness (QED) is 0.318. The molecule has 0 amide bonds. The van der Waals surface area contributed by atoms with Crippen LogP contribution in [0, 0.1) is 24.2 Å². The number of phenols is 2. The van der Waals surface area contributed by atoms with E-state index in [9.17, 15) is 24.6 Å². The van der Waals surface area contributed by atoms with Crippen LogP contribution in [-0.4, -0.2) is 47.7 Å². The van der Waals surface area contributed by atoms with Gasteiger partial charge in [0.2, 0.25) is 0 Å². The van der Waals surface area contributed by atoms with Crippen molar-refractivity contribution in [2.24, 2.45) is 5.92 Å². The van der Waals surface area contributed by atoms with Crippen LogP contribution in [-0.2, 0) is 27.2 Å². The van der Waals surface area contributed by atoms with Crippen LogP contribution in [0.5, 0.6) is 17.2 Å². The maximum atomic E-state index is 13.2. The Hall–Kier alpha value is -4.12. The van der Waals surface area contributed by atoms with Crippen molar-refractivity contribution in [3.63, 3.8) is 0 Å². The van der Waals surface area contributed by atoms with Crippen molar-refractivity contribution in [1.29, 1.82) is 5.41 Å². The number of benzene rings is 2. The summed E-state index contributed by atoms with van der Waals surface area (Å²) in [5.41, 5.74) is 0.921. The highest BCUT2D eigenvalue weighted by molar-refractivity contribution is 6.32. The minimum absolute atomic E-state index is 0.0256. The van der Waals surface area contributed by atoms with Crippen LogP contribution >= 0.6 is 0 Å². The van der Waals surface area contributed by atoms with E-state index in [1.165, 1.54) is 13.2 Å². The Morgan fingerprint density at radius 1 is 1.19 bits per heavy atom. The number of carbonyl (C=O) groups excluding carboxylic acids is 3. The SMILES string of the molecule is C#C.COc1cccc2c1C(=N)c1c(O)c3c(c(O)c1C2=O)CC(C(=O)COC=O)CC3. The van der Waals surface area contributed by atoms with Crippen molar-refractivity contribution < 1.29 is 34.1 Å². The van der Waals surface area contributed by atoms with Gasteiger partial charge < -0.3 is 19.7 Å². The maximum Gasteiger partial charge on any atom is 0.293 e. The smallest absolute Gasteiger partial charge is 0.293 e. The lowest BCUT2D eigenvalue weighted by Crippen LogP contribution is -2.28. The predicted molar refractivity (Wildman–Crippen MR) is 115 cm³/mol. The summed E-state index contributed by atoms with van der Waals surface area (Å²) in [5.74, 6) is -1.56. The van der Waals surface area contributed by atoms with Crippen LogP contribution in [0.15, 0.2) is 18.2 Å². The van der Waals surface area contributed by atoms with Gasteiger partial charge in [-0.15, -0.1) is 12.8 Å². The monoisotopic (exact) mass is 435 g/mol. The molecule has 8 heteroatoms. The first-order valence-corrected chi connectivity index (χ1v) is 9.72. The first kappa shape index (κ1) is 22.6. The molecular formula is C24H21NO7. The molecule has 32 heavy (non-hydrogen) atoms. The van der Waals surface area contributed by atoms with Crippen LogP contribution in [0.3, 0.4) is 0 Å². The minimum Gasteiger partial charge on any atom is -0.507 e. The number of methoxy groups -OCH3 is 1. The first-order valence-electron chi connectivity index (χ1n) is 9.72. The lowest BCUT2D eigenvalue weighted by atomic mass is 9.74. The zero-order chi connectivity index (χ0) is 23.6. The Morgan fingerprint density at radius 2 is 1.88 bits per heavy atom. The number of ketones is 2. The molecule has 2 aliphatic carbocycles. The number of terminal acetylenes is 1. The Bertz CT molecular complexity index is 1160. The third-order valence-electron chi connectivity index (χ3n) is 5.82. The van der Waals surface area contributed by atoms with Crippen molar-refractivity contribution in [2.45, 2.75) is 19.3 Å². The van der Waals surface area contributed by atoms with Crippen LogP contribution in [0.25, 0.3) is 0 Å². The molecule has 1 unspecified atom stereocenters. The van der Waals surface area contributed by atoms with E-state index >= 15 is 0 Å². The first-order chi connectivity index (χ1) is 15.4. The van der Waals surface area contributed by atoms with Gasteiger partial charge in [-0.2, -0.15) is 0 Å². The van der Waals surface area contributed by atoms with Gasteiger partial charge in [-0.25, -0.2) is 0 Å². The van der Waals surface area contributed by atoms with Gasteiger partial charge in [-0.3, -0.25) is 19.8 Å². The van der Waals surface area contributed by atoms with E-state index in [1.54, 1.807) is 12.1 Å². The van der Waals surface area contributed by atoms with Gasteiger partial charge in [0.15, 0.2) is 11.6 Å². The number of hydrogen-bond acceptors (Lipinski definition) is 8. The van der Waals surface area contributed by atoms with E-state index in [-0.39, 0.29) is 71.2 Å². The summed E-state index contributed by atoms with van der Waals surface area (Å²) < 4.78 is 9.83. The normalized spacial score (nSPS) is 15.9. The van der Waals surface area contributed by atoms with Crippen molar-refractivity contribution in [1.82, 2.24) is 0 Å². The fourth-order valence-electron chi connectivity index (χ4n) is 4.36. The molecule has 0 bridgehead atoms. The number of Topliss-reactive ketones (excluding diaryl/α,β-unsaturated/α-hetero) is 1. The molecule has 0 aliphatic heterocycles. The molecule has 2 aromatic rings. The molecule has 2 aliphatic rings. The van der Waals surface area contributed by atoms with Crippen molar-refractivity contribution in [3.05, 3.63) is 51.6 Å². The highest BCUT2D eigenvalue weighted by Crippen LogP contribution is 2.47. The summed E-state index contributed by atoms with van der Waals surface area (Å²) in [6.07, 6.45) is 8.77. The second-order valence-electron chi connectivity index (χ2n) is 7.30. The second-order valence-corrected chi connectivity index (χ2v) is 7.30. The molecule has 2 aromatic carbocycles. The lowest BCUT2D eigenvalue weighted by Gasteiger charge is -2.30. The van der Waals surface area contributed by atoms with Gasteiger partial charge in [-0.05, 0) is 25.3 Å². The molecule has 3 N–H and O–H groups in total. The number of rotatable bonds is 5. The zero-order valence-corrected chi connectivity index (χ0v) is 17.3. The molecule has 0 radical (unpaired) electrons. The fourth-order valence-corrected chi connectivity index (χ4v) is 4.36. The Morgan fingerprint density at radius 3 is 2.53 bits per heavy atom. The molecule has 0 saturated heterocycles. The summed E-state index contributed by atoms with van der Waals surface area (Å²) in [6, 6.07) is 4.78. The highest BCUT2D eigenvalue weighted by atomic mass is 16.5. The summed E-state index contributed by atoms with van der Waals surface area (Å²) in [4.78, 5) is 35.8. The van der Waals surface area contributed by atoms with Crippen LogP contribution in [0.4, 0.5) is 0 Å². The van der Waals surface area contributed by atoms with Crippen LogP contribution in [0.1, 0.15) is 44.6 Å². The Kier molecular flexibility index (Phi) is 6.30. The number of ether oxygens (including phenoxy) is 2.